The number of methoxy groups -OCH3 is 1. The molecule has 104 valence electrons. The maximum absolute atomic E-state index is 12.5. The smallest absolute Gasteiger partial charge is 0.255 e. The Bertz CT molecular complexity index is 689. The summed E-state index contributed by atoms with van der Waals surface area (Å²) in [7, 11) is 1.65. The highest BCUT2D eigenvalue weighted by molar-refractivity contribution is 7.79. The molecule has 1 aromatic heterocycles. The molecular formula is C16H17NO2S. The van der Waals surface area contributed by atoms with E-state index in [9.17, 15) is 4.79 Å². The van der Waals surface area contributed by atoms with Crippen molar-refractivity contribution in [3.63, 3.8) is 0 Å². The highest BCUT2D eigenvalue weighted by Gasteiger charge is 2.27. The Kier molecular flexibility index (Phi) is 3.57. The van der Waals surface area contributed by atoms with Gasteiger partial charge in [0, 0.05) is 22.9 Å². The number of rotatable bonds is 4. The zero-order chi connectivity index (χ0) is 14.1. The fourth-order valence-electron chi connectivity index (χ4n) is 2.43. The summed E-state index contributed by atoms with van der Waals surface area (Å²) in [6, 6.07) is 12.1. The Morgan fingerprint density at radius 2 is 2.10 bits per heavy atom. The average Bonchev–Trinajstić information content (AvgIpc) is 3.31. The molecule has 1 fully saturated rings. The van der Waals surface area contributed by atoms with Crippen molar-refractivity contribution >= 4 is 12.6 Å². The third-order valence-electron chi connectivity index (χ3n) is 3.64. The van der Waals surface area contributed by atoms with Gasteiger partial charge in [-0.05, 0) is 31.0 Å². The molecule has 1 aromatic carbocycles. The predicted octanol–water partition coefficient (Wildman–Crippen LogP) is 3.29. The van der Waals surface area contributed by atoms with E-state index in [-0.39, 0.29) is 5.56 Å². The van der Waals surface area contributed by atoms with Crippen molar-refractivity contribution in [2.45, 2.75) is 24.6 Å². The molecule has 1 heterocycles. The largest absolute Gasteiger partial charge is 0.497 e. The first kappa shape index (κ1) is 13.3. The van der Waals surface area contributed by atoms with Gasteiger partial charge < -0.3 is 9.30 Å². The third kappa shape index (κ3) is 2.36. The number of thiol groups is 1. The van der Waals surface area contributed by atoms with Gasteiger partial charge in [0.05, 0.1) is 12.8 Å². The van der Waals surface area contributed by atoms with Crippen LogP contribution in [0, 0.1) is 0 Å². The van der Waals surface area contributed by atoms with Crippen molar-refractivity contribution in [3.8, 4) is 17.0 Å². The third-order valence-corrected chi connectivity index (χ3v) is 3.98. The van der Waals surface area contributed by atoms with E-state index in [4.69, 9.17) is 4.74 Å². The first-order valence-corrected chi connectivity index (χ1v) is 7.37. The van der Waals surface area contributed by atoms with E-state index in [1.807, 2.05) is 41.0 Å². The highest BCUT2D eigenvalue weighted by atomic mass is 32.1. The van der Waals surface area contributed by atoms with Crippen molar-refractivity contribution < 1.29 is 4.74 Å². The van der Waals surface area contributed by atoms with E-state index in [0.29, 0.717) is 11.8 Å². The Labute approximate surface area is 123 Å². The fourth-order valence-corrected chi connectivity index (χ4v) is 2.67. The molecule has 0 bridgehead atoms. The molecule has 0 atom stereocenters. The number of aromatic nitrogens is 1. The van der Waals surface area contributed by atoms with E-state index in [0.717, 1.165) is 35.4 Å². The Hall–Kier alpha value is -1.68. The van der Waals surface area contributed by atoms with Gasteiger partial charge in [-0.3, -0.25) is 4.79 Å². The number of ether oxygens (including phenoxy) is 1. The van der Waals surface area contributed by atoms with Gasteiger partial charge in [-0.1, -0.05) is 18.2 Å². The number of pyridine rings is 1. The number of benzene rings is 1. The van der Waals surface area contributed by atoms with Crippen LogP contribution in [0.25, 0.3) is 11.3 Å². The van der Waals surface area contributed by atoms with Crippen molar-refractivity contribution in [3.05, 3.63) is 52.3 Å². The van der Waals surface area contributed by atoms with Crippen LogP contribution in [0.5, 0.6) is 5.75 Å². The van der Waals surface area contributed by atoms with Crippen molar-refractivity contribution in [1.82, 2.24) is 4.57 Å². The second-order valence-electron chi connectivity index (χ2n) is 5.04. The van der Waals surface area contributed by atoms with Crippen LogP contribution in [0.3, 0.4) is 0 Å². The van der Waals surface area contributed by atoms with Crippen LogP contribution in [0.1, 0.15) is 24.4 Å². The van der Waals surface area contributed by atoms with E-state index >= 15 is 0 Å². The van der Waals surface area contributed by atoms with Gasteiger partial charge >= 0.3 is 0 Å². The van der Waals surface area contributed by atoms with Crippen molar-refractivity contribution in [2.75, 3.05) is 7.11 Å². The number of hydrogen-bond acceptors (Lipinski definition) is 3. The molecule has 0 aliphatic heterocycles. The Balaban J connectivity index is 2.17. The molecule has 3 nitrogen and oxygen atoms in total. The molecule has 0 spiro atoms. The van der Waals surface area contributed by atoms with Gasteiger partial charge in [0.1, 0.15) is 5.75 Å². The summed E-state index contributed by atoms with van der Waals surface area (Å²) in [5.41, 5.74) is 2.82. The normalized spacial score (nSPS) is 14.3. The molecule has 0 radical (unpaired) electrons. The van der Waals surface area contributed by atoms with E-state index < -0.39 is 0 Å². The fraction of sp³-hybridized carbons (Fsp3) is 0.312. The van der Waals surface area contributed by atoms with Gasteiger partial charge in [-0.2, -0.15) is 12.6 Å². The van der Waals surface area contributed by atoms with Crippen LogP contribution < -0.4 is 10.3 Å². The van der Waals surface area contributed by atoms with Crippen LogP contribution in [0.15, 0.2) is 41.2 Å². The second-order valence-corrected chi connectivity index (χ2v) is 5.36. The average molecular weight is 287 g/mol. The maximum Gasteiger partial charge on any atom is 0.255 e. The minimum absolute atomic E-state index is 0.0859. The van der Waals surface area contributed by atoms with E-state index in [2.05, 4.69) is 12.6 Å². The number of hydrogen-bond donors (Lipinski definition) is 1. The summed E-state index contributed by atoms with van der Waals surface area (Å²) in [5, 5.41) is 0. The van der Waals surface area contributed by atoms with E-state index in [1.165, 1.54) is 0 Å². The molecule has 20 heavy (non-hydrogen) atoms. The molecule has 1 aliphatic carbocycles. The molecule has 0 N–H and O–H groups in total. The summed E-state index contributed by atoms with van der Waals surface area (Å²) in [6.45, 7) is 0. The molecule has 1 aliphatic rings. The van der Waals surface area contributed by atoms with Crippen LogP contribution >= 0.6 is 12.6 Å². The summed E-state index contributed by atoms with van der Waals surface area (Å²) < 4.78 is 7.18. The quantitative estimate of drug-likeness (QED) is 0.875. The van der Waals surface area contributed by atoms with Crippen LogP contribution in [-0.2, 0) is 5.75 Å². The molecule has 0 unspecified atom stereocenters. The van der Waals surface area contributed by atoms with Crippen LogP contribution in [-0.4, -0.2) is 11.7 Å². The minimum atomic E-state index is 0.0859. The lowest BCUT2D eigenvalue weighted by molar-refractivity contribution is 0.415. The summed E-state index contributed by atoms with van der Waals surface area (Å²) in [6.07, 6.45) is 2.15. The number of nitrogens with zero attached hydrogens (tertiary/aromatic N) is 1. The van der Waals surface area contributed by atoms with Crippen LogP contribution in [0.4, 0.5) is 0 Å². The van der Waals surface area contributed by atoms with Crippen molar-refractivity contribution in [1.29, 1.82) is 0 Å². The van der Waals surface area contributed by atoms with Gasteiger partial charge in [-0.25, -0.2) is 0 Å². The zero-order valence-electron chi connectivity index (χ0n) is 11.4. The van der Waals surface area contributed by atoms with Gasteiger partial charge in [0.25, 0.3) is 5.56 Å². The standard InChI is InChI=1S/C16H17NO2S/c1-19-14-4-2-3-11(9-14)15-8-5-12(10-20)16(18)17(15)13-6-7-13/h2-5,8-9,13,20H,6-7,10H2,1H3. The minimum Gasteiger partial charge on any atom is -0.497 e. The Morgan fingerprint density at radius 3 is 2.75 bits per heavy atom. The molecule has 1 saturated carbocycles. The summed E-state index contributed by atoms with van der Waals surface area (Å²) in [5.74, 6) is 1.28. The lowest BCUT2D eigenvalue weighted by Gasteiger charge is -2.14. The molecule has 0 saturated heterocycles. The van der Waals surface area contributed by atoms with Gasteiger partial charge in [0.15, 0.2) is 0 Å². The summed E-state index contributed by atoms with van der Waals surface area (Å²) in [4.78, 5) is 12.5. The molecule has 3 rings (SSSR count). The SMILES string of the molecule is COc1cccc(-c2ccc(CS)c(=O)n2C2CC2)c1. The lowest BCUT2D eigenvalue weighted by atomic mass is 10.1. The van der Waals surface area contributed by atoms with Crippen molar-refractivity contribution in [2.24, 2.45) is 0 Å². The maximum atomic E-state index is 12.5. The molecule has 0 amide bonds. The first-order chi connectivity index (χ1) is 9.74. The topological polar surface area (TPSA) is 31.2 Å². The first-order valence-electron chi connectivity index (χ1n) is 6.74. The second kappa shape index (κ2) is 5.37. The Morgan fingerprint density at radius 1 is 1.30 bits per heavy atom. The predicted molar refractivity (Wildman–Crippen MR) is 83.7 cm³/mol. The lowest BCUT2D eigenvalue weighted by Crippen LogP contribution is -2.23. The van der Waals surface area contributed by atoms with Gasteiger partial charge in [0.2, 0.25) is 0 Å². The summed E-state index contributed by atoms with van der Waals surface area (Å²) >= 11 is 4.24. The highest BCUT2D eigenvalue weighted by Crippen LogP contribution is 2.37. The van der Waals surface area contributed by atoms with Gasteiger partial charge in [-0.15, -0.1) is 0 Å². The molecule has 4 heteroatoms. The zero-order valence-corrected chi connectivity index (χ0v) is 12.3. The molecule has 2 aromatic rings. The molecular weight excluding hydrogens is 270 g/mol. The van der Waals surface area contributed by atoms with Crippen LogP contribution in [0.2, 0.25) is 0 Å². The monoisotopic (exact) mass is 287 g/mol. The van der Waals surface area contributed by atoms with E-state index in [1.54, 1.807) is 7.11 Å².